The molecule has 0 bridgehead atoms. The van der Waals surface area contributed by atoms with Crippen LogP contribution in [-0.4, -0.2) is 29.1 Å². The van der Waals surface area contributed by atoms with Crippen molar-refractivity contribution in [2.24, 2.45) is 0 Å². The average molecular weight is 236 g/mol. The van der Waals surface area contributed by atoms with Crippen LogP contribution in [0.15, 0.2) is 0 Å². The summed E-state index contributed by atoms with van der Waals surface area (Å²) in [4.78, 5) is 16.2. The fourth-order valence-electron chi connectivity index (χ4n) is 2.25. The minimum atomic E-state index is 0.0427. The minimum absolute atomic E-state index is 0.0427. The van der Waals surface area contributed by atoms with Crippen LogP contribution < -0.4 is 10.6 Å². The number of amides is 1. The highest BCUT2D eigenvalue weighted by Gasteiger charge is 2.20. The fourth-order valence-corrected chi connectivity index (χ4v) is 2.25. The molecular weight excluding hydrogens is 216 g/mol. The second-order valence-corrected chi connectivity index (χ2v) is 4.36. The van der Waals surface area contributed by atoms with E-state index >= 15 is 0 Å². The van der Waals surface area contributed by atoms with E-state index < -0.39 is 0 Å². The van der Waals surface area contributed by atoms with Crippen LogP contribution in [0.25, 0.3) is 0 Å². The second-order valence-electron chi connectivity index (χ2n) is 4.36. The first kappa shape index (κ1) is 12.1. The molecule has 1 aromatic heterocycles. The van der Waals surface area contributed by atoms with Crippen molar-refractivity contribution in [3.8, 4) is 0 Å². The van der Waals surface area contributed by atoms with Crippen LogP contribution in [0.3, 0.4) is 0 Å². The monoisotopic (exact) mass is 236 g/mol. The standard InChI is InChI=1S/C12H20N4O/c1-3-4-11-15-9-7-14-6-5-10(9)16(11)8-12(17)13-2/h14H,3-8H2,1-2H3,(H,13,17). The van der Waals surface area contributed by atoms with Crippen LogP contribution in [0, 0.1) is 0 Å². The molecule has 5 nitrogen and oxygen atoms in total. The molecule has 1 aliphatic rings. The van der Waals surface area contributed by atoms with Gasteiger partial charge in [0, 0.05) is 38.7 Å². The summed E-state index contributed by atoms with van der Waals surface area (Å²) >= 11 is 0. The summed E-state index contributed by atoms with van der Waals surface area (Å²) in [6, 6.07) is 0. The normalized spacial score (nSPS) is 14.5. The Morgan fingerprint density at radius 1 is 1.59 bits per heavy atom. The number of carbonyl (C=O) groups is 1. The van der Waals surface area contributed by atoms with Gasteiger partial charge in [0.25, 0.3) is 0 Å². The summed E-state index contributed by atoms with van der Waals surface area (Å²) in [5.41, 5.74) is 2.35. The van der Waals surface area contributed by atoms with Gasteiger partial charge in [0.15, 0.2) is 0 Å². The zero-order valence-corrected chi connectivity index (χ0v) is 10.5. The molecule has 0 radical (unpaired) electrons. The SMILES string of the molecule is CCCc1nc2c(n1CC(=O)NC)CCNC2. The highest BCUT2D eigenvalue weighted by atomic mass is 16.1. The zero-order chi connectivity index (χ0) is 12.3. The molecule has 1 aliphatic heterocycles. The summed E-state index contributed by atoms with van der Waals surface area (Å²) in [6.45, 7) is 4.33. The average Bonchev–Trinajstić information content (AvgIpc) is 2.68. The summed E-state index contributed by atoms with van der Waals surface area (Å²) in [5, 5.41) is 5.99. The van der Waals surface area contributed by atoms with Crippen molar-refractivity contribution < 1.29 is 4.79 Å². The number of carbonyl (C=O) groups excluding carboxylic acids is 1. The Morgan fingerprint density at radius 3 is 3.12 bits per heavy atom. The first-order valence-corrected chi connectivity index (χ1v) is 6.24. The van der Waals surface area contributed by atoms with E-state index in [9.17, 15) is 4.79 Å². The molecule has 2 N–H and O–H groups in total. The van der Waals surface area contributed by atoms with Gasteiger partial charge in [-0.2, -0.15) is 0 Å². The minimum Gasteiger partial charge on any atom is -0.358 e. The lowest BCUT2D eigenvalue weighted by atomic mass is 10.2. The Kier molecular flexibility index (Phi) is 3.78. The van der Waals surface area contributed by atoms with Crippen molar-refractivity contribution in [1.29, 1.82) is 0 Å². The number of imidazole rings is 1. The molecular formula is C12H20N4O. The van der Waals surface area contributed by atoms with Gasteiger partial charge in [-0.3, -0.25) is 4.79 Å². The number of fused-ring (bicyclic) bond motifs is 1. The lowest BCUT2D eigenvalue weighted by Crippen LogP contribution is -2.28. The van der Waals surface area contributed by atoms with Crippen LogP contribution in [-0.2, 0) is 30.7 Å². The second kappa shape index (κ2) is 5.31. The molecule has 0 spiro atoms. The molecule has 0 aromatic carbocycles. The number of likely N-dealkylation sites (N-methyl/N-ethyl adjacent to an activating group) is 1. The van der Waals surface area contributed by atoms with Crippen LogP contribution in [0.5, 0.6) is 0 Å². The third-order valence-electron chi connectivity index (χ3n) is 3.12. The molecule has 94 valence electrons. The fraction of sp³-hybridized carbons (Fsp3) is 0.667. The summed E-state index contributed by atoms with van der Waals surface area (Å²) in [6.07, 6.45) is 2.95. The molecule has 0 saturated carbocycles. The quantitative estimate of drug-likeness (QED) is 0.786. The van der Waals surface area contributed by atoms with Gasteiger partial charge in [0.1, 0.15) is 12.4 Å². The van der Waals surface area contributed by atoms with Crippen LogP contribution in [0.2, 0.25) is 0 Å². The van der Waals surface area contributed by atoms with E-state index in [4.69, 9.17) is 0 Å². The summed E-state index contributed by atoms with van der Waals surface area (Å²) in [5.74, 6) is 1.09. The predicted octanol–water partition coefficient (Wildman–Crippen LogP) is 0.227. The van der Waals surface area contributed by atoms with Gasteiger partial charge in [0.05, 0.1) is 5.69 Å². The summed E-state index contributed by atoms with van der Waals surface area (Å²) in [7, 11) is 1.67. The number of nitrogens with one attached hydrogen (secondary N) is 2. The van der Waals surface area contributed by atoms with E-state index in [1.54, 1.807) is 7.05 Å². The van der Waals surface area contributed by atoms with Crippen LogP contribution in [0.4, 0.5) is 0 Å². The van der Waals surface area contributed by atoms with E-state index in [-0.39, 0.29) is 5.91 Å². The largest absolute Gasteiger partial charge is 0.358 e. The molecule has 2 heterocycles. The van der Waals surface area contributed by atoms with Crippen LogP contribution in [0.1, 0.15) is 30.6 Å². The number of nitrogens with zero attached hydrogens (tertiary/aromatic N) is 2. The summed E-state index contributed by atoms with van der Waals surface area (Å²) < 4.78 is 2.10. The highest BCUT2D eigenvalue weighted by Crippen LogP contribution is 2.17. The molecule has 17 heavy (non-hydrogen) atoms. The maximum atomic E-state index is 11.5. The Bertz CT molecular complexity index is 411. The smallest absolute Gasteiger partial charge is 0.239 e. The van der Waals surface area contributed by atoms with Gasteiger partial charge in [-0.15, -0.1) is 0 Å². The number of aromatic nitrogens is 2. The zero-order valence-electron chi connectivity index (χ0n) is 10.5. The van der Waals surface area contributed by atoms with E-state index in [2.05, 4.69) is 27.1 Å². The Labute approximate surface area is 102 Å². The topological polar surface area (TPSA) is 59.0 Å². The first-order chi connectivity index (χ1) is 8.26. The Morgan fingerprint density at radius 2 is 2.41 bits per heavy atom. The lowest BCUT2D eigenvalue weighted by Gasteiger charge is -2.15. The Balaban J connectivity index is 2.31. The Hall–Kier alpha value is -1.36. The van der Waals surface area contributed by atoms with Crippen molar-refractivity contribution >= 4 is 5.91 Å². The highest BCUT2D eigenvalue weighted by molar-refractivity contribution is 5.75. The van der Waals surface area contributed by atoms with Gasteiger partial charge in [0.2, 0.25) is 5.91 Å². The van der Waals surface area contributed by atoms with Crippen molar-refractivity contribution in [3.05, 3.63) is 17.2 Å². The van der Waals surface area contributed by atoms with Gasteiger partial charge in [-0.1, -0.05) is 6.92 Å². The molecule has 5 heteroatoms. The maximum Gasteiger partial charge on any atom is 0.239 e. The number of hydrogen-bond donors (Lipinski definition) is 2. The number of rotatable bonds is 4. The van der Waals surface area contributed by atoms with Crippen LogP contribution >= 0.6 is 0 Å². The molecule has 0 aliphatic carbocycles. The molecule has 0 saturated heterocycles. The molecule has 2 rings (SSSR count). The first-order valence-electron chi connectivity index (χ1n) is 6.24. The molecule has 0 fully saturated rings. The van der Waals surface area contributed by atoms with Gasteiger partial charge < -0.3 is 15.2 Å². The number of hydrogen-bond acceptors (Lipinski definition) is 3. The third-order valence-corrected chi connectivity index (χ3v) is 3.12. The molecule has 1 aromatic rings. The van der Waals surface area contributed by atoms with Crippen molar-refractivity contribution in [1.82, 2.24) is 20.2 Å². The maximum absolute atomic E-state index is 11.5. The predicted molar refractivity (Wildman–Crippen MR) is 65.7 cm³/mol. The number of aryl methyl sites for hydroxylation is 1. The molecule has 1 amide bonds. The van der Waals surface area contributed by atoms with E-state index in [1.165, 1.54) is 5.69 Å². The molecule has 0 unspecified atom stereocenters. The molecule has 0 atom stereocenters. The van der Waals surface area contributed by atoms with Crippen molar-refractivity contribution in [2.45, 2.75) is 39.3 Å². The lowest BCUT2D eigenvalue weighted by molar-refractivity contribution is -0.121. The van der Waals surface area contributed by atoms with E-state index in [1.807, 2.05) is 0 Å². The van der Waals surface area contributed by atoms with Gasteiger partial charge in [-0.05, 0) is 6.42 Å². The van der Waals surface area contributed by atoms with Gasteiger partial charge >= 0.3 is 0 Å². The van der Waals surface area contributed by atoms with Crippen molar-refractivity contribution in [3.63, 3.8) is 0 Å². The van der Waals surface area contributed by atoms with E-state index in [0.717, 1.165) is 43.9 Å². The van der Waals surface area contributed by atoms with Crippen molar-refractivity contribution in [2.75, 3.05) is 13.6 Å². The van der Waals surface area contributed by atoms with Gasteiger partial charge in [-0.25, -0.2) is 4.98 Å². The third kappa shape index (κ3) is 2.49. The van der Waals surface area contributed by atoms with E-state index in [0.29, 0.717) is 6.54 Å².